The van der Waals surface area contributed by atoms with Crippen molar-refractivity contribution in [2.45, 2.75) is 38.6 Å². The highest BCUT2D eigenvalue weighted by atomic mass is 15.1. The first-order valence-electron chi connectivity index (χ1n) is 6.50. The summed E-state index contributed by atoms with van der Waals surface area (Å²) in [5.74, 6) is 0.936. The van der Waals surface area contributed by atoms with Crippen molar-refractivity contribution in [3.63, 3.8) is 0 Å². The predicted octanol–water partition coefficient (Wildman–Crippen LogP) is 3.35. The zero-order chi connectivity index (χ0) is 11.4. The summed E-state index contributed by atoms with van der Waals surface area (Å²) in [5.41, 5.74) is 1.49. The van der Waals surface area contributed by atoms with Crippen molar-refractivity contribution in [1.29, 1.82) is 0 Å². The summed E-state index contributed by atoms with van der Waals surface area (Å²) in [6, 6.07) is 11.7. The molecule has 1 aliphatic heterocycles. The van der Waals surface area contributed by atoms with Gasteiger partial charge in [0.2, 0.25) is 0 Å². The molecule has 0 aromatic heterocycles. The van der Waals surface area contributed by atoms with Crippen LogP contribution in [0.2, 0.25) is 0 Å². The topological polar surface area (TPSA) is 3.24 Å². The lowest BCUT2D eigenvalue weighted by Gasteiger charge is -2.35. The van der Waals surface area contributed by atoms with Gasteiger partial charge in [-0.1, -0.05) is 30.3 Å². The zero-order valence-corrected chi connectivity index (χ0v) is 10.5. The number of hydrogen-bond acceptors (Lipinski definition) is 1. The van der Waals surface area contributed by atoms with Crippen LogP contribution < -0.4 is 0 Å². The van der Waals surface area contributed by atoms with Crippen LogP contribution in [0, 0.1) is 5.92 Å². The van der Waals surface area contributed by atoms with E-state index in [1.807, 2.05) is 0 Å². The smallest absolute Gasteiger partial charge is 0.00665 e. The molecule has 0 bridgehead atoms. The van der Waals surface area contributed by atoms with E-state index in [1.54, 1.807) is 0 Å². The monoisotopic (exact) mass is 217 g/mol. The van der Waals surface area contributed by atoms with Gasteiger partial charge in [0, 0.05) is 6.04 Å². The molecule has 1 aromatic rings. The fourth-order valence-electron chi connectivity index (χ4n) is 2.66. The highest BCUT2D eigenvalue weighted by Gasteiger charge is 2.22. The van der Waals surface area contributed by atoms with Gasteiger partial charge in [0.1, 0.15) is 0 Å². The summed E-state index contributed by atoms with van der Waals surface area (Å²) >= 11 is 0. The Kier molecular flexibility index (Phi) is 4.00. The van der Waals surface area contributed by atoms with E-state index in [0.717, 1.165) is 12.0 Å². The van der Waals surface area contributed by atoms with Crippen molar-refractivity contribution in [3.05, 3.63) is 35.9 Å². The van der Waals surface area contributed by atoms with E-state index in [0.29, 0.717) is 0 Å². The molecule has 0 saturated carbocycles. The highest BCUT2D eigenvalue weighted by Crippen LogP contribution is 2.25. The third-order valence-electron chi connectivity index (χ3n) is 4.00. The molecule has 0 N–H and O–H groups in total. The number of likely N-dealkylation sites (tertiary alicyclic amines) is 1. The van der Waals surface area contributed by atoms with E-state index < -0.39 is 0 Å². The molecule has 1 saturated heterocycles. The minimum atomic E-state index is 0.773. The third-order valence-corrected chi connectivity index (χ3v) is 4.00. The van der Waals surface area contributed by atoms with Gasteiger partial charge in [-0.3, -0.25) is 0 Å². The van der Waals surface area contributed by atoms with E-state index in [2.05, 4.69) is 49.2 Å². The Morgan fingerprint density at radius 3 is 2.69 bits per heavy atom. The minimum absolute atomic E-state index is 0.773. The van der Waals surface area contributed by atoms with Gasteiger partial charge in [-0.05, 0) is 57.7 Å². The molecule has 1 aliphatic rings. The minimum Gasteiger partial charge on any atom is -0.304 e. The van der Waals surface area contributed by atoms with E-state index in [-0.39, 0.29) is 0 Å². The normalized spacial score (nSPS) is 26.9. The number of nitrogens with zero attached hydrogens (tertiary/aromatic N) is 1. The number of aryl methyl sites for hydroxylation is 1. The predicted molar refractivity (Wildman–Crippen MR) is 69.6 cm³/mol. The molecule has 0 amide bonds. The Hall–Kier alpha value is -0.820. The van der Waals surface area contributed by atoms with E-state index in [1.165, 1.54) is 37.8 Å². The van der Waals surface area contributed by atoms with Crippen molar-refractivity contribution in [2.75, 3.05) is 13.6 Å². The molecule has 0 aliphatic carbocycles. The summed E-state index contributed by atoms with van der Waals surface area (Å²) < 4.78 is 0. The molecule has 16 heavy (non-hydrogen) atoms. The first-order chi connectivity index (χ1) is 7.75. The molecule has 1 fully saturated rings. The Morgan fingerprint density at radius 2 is 2.00 bits per heavy atom. The van der Waals surface area contributed by atoms with Crippen molar-refractivity contribution < 1.29 is 0 Å². The first kappa shape index (κ1) is 11.7. The van der Waals surface area contributed by atoms with Crippen LogP contribution in [0.25, 0.3) is 0 Å². The van der Waals surface area contributed by atoms with Crippen LogP contribution in [0.4, 0.5) is 0 Å². The molecule has 2 unspecified atom stereocenters. The van der Waals surface area contributed by atoms with Gasteiger partial charge in [-0.2, -0.15) is 0 Å². The fourth-order valence-corrected chi connectivity index (χ4v) is 2.66. The Balaban J connectivity index is 1.79. The molecule has 0 spiro atoms. The number of benzene rings is 1. The van der Waals surface area contributed by atoms with Gasteiger partial charge in [0.05, 0.1) is 0 Å². The zero-order valence-electron chi connectivity index (χ0n) is 10.5. The number of piperidine rings is 1. The third kappa shape index (κ3) is 3.08. The molecule has 1 aromatic carbocycles. The van der Waals surface area contributed by atoms with Crippen LogP contribution in [0.3, 0.4) is 0 Å². The SMILES string of the molecule is CC1CC(CCc2ccccc2)CCN1C. The van der Waals surface area contributed by atoms with E-state index in [9.17, 15) is 0 Å². The highest BCUT2D eigenvalue weighted by molar-refractivity contribution is 5.14. The van der Waals surface area contributed by atoms with Gasteiger partial charge in [-0.15, -0.1) is 0 Å². The second kappa shape index (κ2) is 5.49. The molecule has 1 heterocycles. The number of rotatable bonds is 3. The van der Waals surface area contributed by atoms with E-state index >= 15 is 0 Å². The van der Waals surface area contributed by atoms with Gasteiger partial charge in [0.15, 0.2) is 0 Å². The summed E-state index contributed by atoms with van der Waals surface area (Å²) in [6.45, 7) is 3.63. The van der Waals surface area contributed by atoms with Crippen molar-refractivity contribution >= 4 is 0 Å². The summed E-state index contributed by atoms with van der Waals surface area (Å²) in [7, 11) is 2.25. The van der Waals surface area contributed by atoms with Crippen LogP contribution in [-0.2, 0) is 6.42 Å². The maximum absolute atomic E-state index is 2.49. The lowest BCUT2D eigenvalue weighted by atomic mass is 9.87. The lowest BCUT2D eigenvalue weighted by Crippen LogP contribution is -2.37. The van der Waals surface area contributed by atoms with Crippen LogP contribution in [-0.4, -0.2) is 24.5 Å². The standard InChI is InChI=1S/C15H23N/c1-13-12-15(10-11-16(13)2)9-8-14-6-4-3-5-7-14/h3-7,13,15H,8-12H2,1-2H3. The first-order valence-corrected chi connectivity index (χ1v) is 6.50. The molecule has 1 nitrogen and oxygen atoms in total. The van der Waals surface area contributed by atoms with Crippen LogP contribution >= 0.6 is 0 Å². The van der Waals surface area contributed by atoms with E-state index in [4.69, 9.17) is 0 Å². The Labute approximate surface area is 99.5 Å². The fraction of sp³-hybridized carbons (Fsp3) is 0.600. The molecular formula is C15H23N. The Bertz CT molecular complexity index is 306. The van der Waals surface area contributed by atoms with Crippen molar-refractivity contribution in [2.24, 2.45) is 5.92 Å². The second-order valence-corrected chi connectivity index (χ2v) is 5.24. The molecular weight excluding hydrogens is 194 g/mol. The van der Waals surface area contributed by atoms with Gasteiger partial charge in [-0.25, -0.2) is 0 Å². The molecule has 2 rings (SSSR count). The van der Waals surface area contributed by atoms with Crippen molar-refractivity contribution in [1.82, 2.24) is 4.90 Å². The largest absolute Gasteiger partial charge is 0.304 e. The van der Waals surface area contributed by atoms with Gasteiger partial charge in [0.25, 0.3) is 0 Å². The Morgan fingerprint density at radius 1 is 1.25 bits per heavy atom. The molecule has 0 radical (unpaired) electrons. The summed E-state index contributed by atoms with van der Waals surface area (Å²) in [5, 5.41) is 0. The van der Waals surface area contributed by atoms with Crippen LogP contribution in [0.15, 0.2) is 30.3 Å². The molecule has 88 valence electrons. The maximum atomic E-state index is 2.49. The molecule has 1 heteroatoms. The average molecular weight is 217 g/mol. The quantitative estimate of drug-likeness (QED) is 0.750. The van der Waals surface area contributed by atoms with Crippen LogP contribution in [0.1, 0.15) is 31.7 Å². The number of hydrogen-bond donors (Lipinski definition) is 0. The molecule has 2 atom stereocenters. The summed E-state index contributed by atoms with van der Waals surface area (Å²) in [4.78, 5) is 2.49. The average Bonchev–Trinajstić information content (AvgIpc) is 2.32. The lowest BCUT2D eigenvalue weighted by molar-refractivity contribution is 0.149. The summed E-state index contributed by atoms with van der Waals surface area (Å²) in [6.07, 6.45) is 5.38. The maximum Gasteiger partial charge on any atom is 0.00665 e. The van der Waals surface area contributed by atoms with Gasteiger partial charge < -0.3 is 4.90 Å². The van der Waals surface area contributed by atoms with Crippen molar-refractivity contribution in [3.8, 4) is 0 Å². The van der Waals surface area contributed by atoms with Crippen LogP contribution in [0.5, 0.6) is 0 Å². The van der Waals surface area contributed by atoms with Gasteiger partial charge >= 0.3 is 0 Å². The second-order valence-electron chi connectivity index (χ2n) is 5.24.